The molecular formula is C45H89NO5. The van der Waals surface area contributed by atoms with Crippen molar-refractivity contribution in [2.45, 2.75) is 264 Å². The first-order chi connectivity index (χ1) is 25.0. The number of rotatable bonds is 42. The number of aliphatic hydroxyl groups excluding tert-OH is 2. The van der Waals surface area contributed by atoms with E-state index in [9.17, 15) is 19.8 Å². The number of hydrogen-bond donors (Lipinski definition) is 3. The number of aliphatic hydroxyl groups is 2. The highest BCUT2D eigenvalue weighted by atomic mass is 16.5. The van der Waals surface area contributed by atoms with Gasteiger partial charge in [0.1, 0.15) is 0 Å². The summed E-state index contributed by atoms with van der Waals surface area (Å²) in [6.45, 7) is 4.88. The van der Waals surface area contributed by atoms with E-state index < -0.39 is 12.1 Å². The molecular weight excluding hydrogens is 634 g/mol. The topological polar surface area (TPSA) is 95.9 Å². The van der Waals surface area contributed by atoms with E-state index in [2.05, 4.69) is 19.2 Å². The summed E-state index contributed by atoms with van der Waals surface area (Å²) in [7, 11) is 0. The molecule has 6 nitrogen and oxygen atoms in total. The minimum absolute atomic E-state index is 0.0235. The predicted molar refractivity (Wildman–Crippen MR) is 218 cm³/mol. The number of carbonyl (C=O) groups is 2. The first kappa shape index (κ1) is 49.9. The molecule has 0 aliphatic carbocycles. The molecule has 0 rings (SSSR count). The minimum Gasteiger partial charge on any atom is -0.466 e. The van der Waals surface area contributed by atoms with E-state index in [0.29, 0.717) is 25.9 Å². The van der Waals surface area contributed by atoms with Crippen molar-refractivity contribution in [2.75, 3.05) is 13.2 Å². The average Bonchev–Trinajstić information content (AvgIpc) is 3.13. The van der Waals surface area contributed by atoms with Gasteiger partial charge in [0.05, 0.1) is 25.4 Å². The zero-order valence-electron chi connectivity index (χ0n) is 34.4. The molecule has 2 unspecified atom stereocenters. The van der Waals surface area contributed by atoms with E-state index in [1.54, 1.807) is 0 Å². The van der Waals surface area contributed by atoms with Crippen molar-refractivity contribution in [3.8, 4) is 0 Å². The van der Waals surface area contributed by atoms with Crippen LogP contribution in [0.25, 0.3) is 0 Å². The standard InChI is InChI=1S/C45H89NO5/c1-3-5-7-9-11-13-15-17-19-23-27-31-35-39-45(50)51-40-36-32-28-24-20-22-26-30-34-38-44(49)46-42(41-47)43(48)37-33-29-25-21-18-16-14-12-10-8-6-4-2/h42-43,47-48H,3-41H2,1-2H3,(H,46,49). The van der Waals surface area contributed by atoms with Crippen LogP contribution in [-0.2, 0) is 14.3 Å². The average molecular weight is 724 g/mol. The van der Waals surface area contributed by atoms with Crippen LogP contribution in [0.15, 0.2) is 0 Å². The van der Waals surface area contributed by atoms with Crippen molar-refractivity contribution in [3.05, 3.63) is 0 Å². The van der Waals surface area contributed by atoms with Crippen molar-refractivity contribution in [3.63, 3.8) is 0 Å². The maximum atomic E-state index is 12.4. The Hall–Kier alpha value is -1.14. The Kier molecular flexibility index (Phi) is 40.7. The molecule has 1 amide bonds. The molecule has 0 aromatic carbocycles. The van der Waals surface area contributed by atoms with Crippen LogP contribution in [0.5, 0.6) is 0 Å². The van der Waals surface area contributed by atoms with Gasteiger partial charge in [-0.05, 0) is 25.7 Å². The fraction of sp³-hybridized carbons (Fsp3) is 0.956. The molecule has 0 spiro atoms. The van der Waals surface area contributed by atoms with Gasteiger partial charge in [0.25, 0.3) is 0 Å². The summed E-state index contributed by atoms with van der Waals surface area (Å²) >= 11 is 0. The molecule has 2 atom stereocenters. The number of hydrogen-bond acceptors (Lipinski definition) is 5. The molecule has 0 bridgehead atoms. The van der Waals surface area contributed by atoms with Gasteiger partial charge in [-0.2, -0.15) is 0 Å². The molecule has 0 aliphatic heterocycles. The van der Waals surface area contributed by atoms with Crippen LogP contribution in [0, 0.1) is 0 Å². The van der Waals surface area contributed by atoms with Crippen molar-refractivity contribution < 1.29 is 24.5 Å². The Morgan fingerprint density at radius 1 is 0.471 bits per heavy atom. The van der Waals surface area contributed by atoms with E-state index in [4.69, 9.17) is 4.74 Å². The van der Waals surface area contributed by atoms with Gasteiger partial charge in [-0.25, -0.2) is 0 Å². The Bertz CT molecular complexity index is 717. The predicted octanol–water partition coefficient (Wildman–Crippen LogP) is 12.8. The second-order valence-corrected chi connectivity index (χ2v) is 15.7. The number of esters is 1. The lowest BCUT2D eigenvalue weighted by Crippen LogP contribution is -2.45. The Labute approximate surface area is 317 Å². The van der Waals surface area contributed by atoms with Gasteiger partial charge in [-0.1, -0.05) is 213 Å². The third kappa shape index (κ3) is 38.4. The Morgan fingerprint density at radius 3 is 1.20 bits per heavy atom. The summed E-state index contributed by atoms with van der Waals surface area (Å²) in [6, 6.07) is -0.558. The summed E-state index contributed by atoms with van der Waals surface area (Å²) in [4.78, 5) is 24.4. The molecule has 51 heavy (non-hydrogen) atoms. The van der Waals surface area contributed by atoms with Crippen molar-refractivity contribution in [1.29, 1.82) is 0 Å². The number of carbonyl (C=O) groups excluding carboxylic acids is 2. The molecule has 0 fully saturated rings. The quantitative estimate of drug-likeness (QED) is 0.0430. The summed E-state index contributed by atoms with van der Waals surface area (Å²) in [5, 5.41) is 23.1. The van der Waals surface area contributed by atoms with Gasteiger partial charge in [-0.3, -0.25) is 9.59 Å². The molecule has 0 aliphatic rings. The zero-order valence-corrected chi connectivity index (χ0v) is 34.4. The highest BCUT2D eigenvalue weighted by Crippen LogP contribution is 2.16. The molecule has 304 valence electrons. The van der Waals surface area contributed by atoms with E-state index in [-0.39, 0.29) is 18.5 Å². The third-order valence-corrected chi connectivity index (χ3v) is 10.7. The normalized spacial score (nSPS) is 12.6. The first-order valence-corrected chi connectivity index (χ1v) is 22.8. The third-order valence-electron chi connectivity index (χ3n) is 10.7. The van der Waals surface area contributed by atoms with Gasteiger partial charge in [-0.15, -0.1) is 0 Å². The van der Waals surface area contributed by atoms with E-state index in [1.165, 1.54) is 161 Å². The van der Waals surface area contributed by atoms with Crippen LogP contribution in [0.2, 0.25) is 0 Å². The minimum atomic E-state index is -0.678. The fourth-order valence-corrected chi connectivity index (χ4v) is 7.11. The molecule has 0 saturated heterocycles. The van der Waals surface area contributed by atoms with E-state index in [0.717, 1.165) is 57.8 Å². The molecule has 0 aromatic rings. The summed E-state index contributed by atoms with van der Waals surface area (Å²) < 4.78 is 5.44. The smallest absolute Gasteiger partial charge is 0.305 e. The fourth-order valence-electron chi connectivity index (χ4n) is 7.11. The Balaban J connectivity index is 3.48. The second-order valence-electron chi connectivity index (χ2n) is 15.7. The maximum absolute atomic E-state index is 12.4. The second kappa shape index (κ2) is 41.6. The zero-order chi connectivity index (χ0) is 37.3. The van der Waals surface area contributed by atoms with Crippen LogP contribution >= 0.6 is 0 Å². The van der Waals surface area contributed by atoms with Crippen molar-refractivity contribution in [2.24, 2.45) is 0 Å². The largest absolute Gasteiger partial charge is 0.466 e. The number of amides is 1. The molecule has 3 N–H and O–H groups in total. The van der Waals surface area contributed by atoms with Crippen molar-refractivity contribution >= 4 is 11.9 Å². The monoisotopic (exact) mass is 724 g/mol. The molecule has 0 aromatic heterocycles. The Morgan fingerprint density at radius 2 is 0.804 bits per heavy atom. The van der Waals surface area contributed by atoms with Crippen LogP contribution in [-0.4, -0.2) is 47.4 Å². The van der Waals surface area contributed by atoms with Gasteiger partial charge in [0.2, 0.25) is 5.91 Å². The first-order valence-electron chi connectivity index (χ1n) is 22.8. The van der Waals surface area contributed by atoms with E-state index >= 15 is 0 Å². The maximum Gasteiger partial charge on any atom is 0.305 e. The lowest BCUT2D eigenvalue weighted by molar-refractivity contribution is -0.143. The van der Waals surface area contributed by atoms with Crippen LogP contribution in [0.4, 0.5) is 0 Å². The highest BCUT2D eigenvalue weighted by molar-refractivity contribution is 5.76. The van der Waals surface area contributed by atoms with Gasteiger partial charge in [0.15, 0.2) is 0 Å². The summed E-state index contributed by atoms with van der Waals surface area (Å²) in [5.74, 6) is -0.0857. The molecule has 0 heterocycles. The molecule has 0 radical (unpaired) electrons. The van der Waals surface area contributed by atoms with Gasteiger partial charge in [0, 0.05) is 12.8 Å². The number of nitrogens with one attached hydrogen (secondary N) is 1. The highest BCUT2D eigenvalue weighted by Gasteiger charge is 2.20. The number of ether oxygens (including phenoxy) is 1. The van der Waals surface area contributed by atoms with Gasteiger partial charge < -0.3 is 20.3 Å². The van der Waals surface area contributed by atoms with Crippen molar-refractivity contribution in [1.82, 2.24) is 5.32 Å². The lowest BCUT2D eigenvalue weighted by Gasteiger charge is -2.22. The molecule has 0 saturated carbocycles. The van der Waals surface area contributed by atoms with E-state index in [1.807, 2.05) is 0 Å². The summed E-state index contributed by atoms with van der Waals surface area (Å²) in [5.41, 5.74) is 0. The van der Waals surface area contributed by atoms with Crippen LogP contribution < -0.4 is 5.32 Å². The lowest BCUT2D eigenvalue weighted by atomic mass is 10.0. The summed E-state index contributed by atoms with van der Waals surface area (Å²) in [6.07, 6.45) is 43.4. The van der Waals surface area contributed by atoms with Gasteiger partial charge >= 0.3 is 5.97 Å². The number of unbranched alkanes of at least 4 members (excludes halogenated alkanes) is 31. The van der Waals surface area contributed by atoms with Crippen LogP contribution in [0.3, 0.4) is 0 Å². The SMILES string of the molecule is CCCCCCCCCCCCCCCC(=O)OCCCCCCCCCCCC(=O)NC(CO)C(O)CCCCCCCCCCCCCC. The molecule has 6 heteroatoms. The van der Waals surface area contributed by atoms with Crippen LogP contribution in [0.1, 0.15) is 251 Å².